The molecule has 0 bridgehead atoms. The van der Waals surface area contributed by atoms with E-state index in [1.165, 1.54) is 6.92 Å². The molecule has 5 heterocycles. The van der Waals surface area contributed by atoms with Gasteiger partial charge in [0.25, 0.3) is 0 Å². The predicted molar refractivity (Wildman–Crippen MR) is 144 cm³/mol. The molecule has 0 aromatic carbocycles. The summed E-state index contributed by atoms with van der Waals surface area (Å²) >= 11 is 3.45. The van der Waals surface area contributed by atoms with Crippen molar-refractivity contribution in [2.45, 2.75) is 52.1 Å². The summed E-state index contributed by atoms with van der Waals surface area (Å²) in [6.45, 7) is 5.61. The number of carbonyl (C=O) groups excluding carboxylic acids is 2. The smallest absolute Gasteiger partial charge is 0.244 e. The second kappa shape index (κ2) is 8.83. The third-order valence-corrected chi connectivity index (χ3v) is 8.01. The van der Waals surface area contributed by atoms with Gasteiger partial charge in [-0.15, -0.1) is 0 Å². The van der Waals surface area contributed by atoms with E-state index in [-0.39, 0.29) is 35.6 Å². The molecule has 1 aliphatic carbocycles. The van der Waals surface area contributed by atoms with Gasteiger partial charge >= 0.3 is 0 Å². The highest BCUT2D eigenvalue weighted by Gasteiger charge is 2.62. The first kappa shape index (κ1) is 23.9. The van der Waals surface area contributed by atoms with Crippen LogP contribution in [0.3, 0.4) is 0 Å². The monoisotopic (exact) mass is 557 g/mol. The zero-order valence-corrected chi connectivity index (χ0v) is 22.4. The molecule has 1 aliphatic heterocycles. The fraction of sp³-hybridized carbons (Fsp3) is 0.346. The molecule has 6 rings (SSSR count). The first-order valence-electron chi connectivity index (χ1n) is 12.3. The fourth-order valence-electron chi connectivity index (χ4n) is 5.63. The van der Waals surface area contributed by atoms with E-state index in [0.29, 0.717) is 35.4 Å². The van der Waals surface area contributed by atoms with E-state index in [0.717, 1.165) is 28.6 Å². The Balaban J connectivity index is 1.30. The molecule has 37 heavy (non-hydrogen) atoms. The third kappa shape index (κ3) is 4.35. The average Bonchev–Trinajstić information content (AvgIpc) is 3.23. The highest BCUT2D eigenvalue weighted by molar-refractivity contribution is 9.10. The highest BCUT2D eigenvalue weighted by atomic mass is 79.9. The standard InChI is InChI=1S/C26H25BBrN7O2/c1-14(36)25-17-7-18(16-10-29-15(2)30-11-16)31-12-19(17)34(33-25)13-24(37)35-20-8-26(20,3)9-22(35)27-21-5-4-6-23(28)32-21/h4-7,10-12,20,22,27H,8-9,13H2,1-3H3/t20-,22+,26-/m1/s1. The van der Waals surface area contributed by atoms with Gasteiger partial charge in [0.05, 0.1) is 17.4 Å². The van der Waals surface area contributed by atoms with E-state index < -0.39 is 0 Å². The van der Waals surface area contributed by atoms with Gasteiger partial charge in [-0.25, -0.2) is 9.97 Å². The SMILES string of the molecule is CC(=O)c1nn(CC(=O)N2[C@H](Bc3cccc(Br)n3)C[C@@]3(C)C[C@@H]23)c2cnc(-c3cnc(C)nc3)cc12. The molecular weight excluding hydrogens is 533 g/mol. The summed E-state index contributed by atoms with van der Waals surface area (Å²) < 4.78 is 2.41. The van der Waals surface area contributed by atoms with Gasteiger partial charge in [0, 0.05) is 47.8 Å². The van der Waals surface area contributed by atoms with E-state index in [1.54, 1.807) is 23.3 Å². The Labute approximate surface area is 223 Å². The number of likely N-dealkylation sites (tertiary alicyclic amines) is 1. The minimum atomic E-state index is -0.164. The number of ketones is 1. The zero-order chi connectivity index (χ0) is 25.9. The number of fused-ring (bicyclic) bond motifs is 2. The van der Waals surface area contributed by atoms with Gasteiger partial charge in [-0.1, -0.05) is 19.1 Å². The topological polar surface area (TPSA) is 107 Å². The fourth-order valence-corrected chi connectivity index (χ4v) is 6.01. The quantitative estimate of drug-likeness (QED) is 0.204. The summed E-state index contributed by atoms with van der Waals surface area (Å²) in [5.74, 6) is 0.589. The van der Waals surface area contributed by atoms with Crippen molar-refractivity contribution in [2.75, 3.05) is 0 Å². The van der Waals surface area contributed by atoms with Crippen molar-refractivity contribution in [2.24, 2.45) is 5.41 Å². The lowest BCUT2D eigenvalue weighted by Crippen LogP contribution is -2.47. The molecular formula is C26H25BBrN7O2. The summed E-state index contributed by atoms with van der Waals surface area (Å²) in [5, 5.41) is 5.22. The lowest BCUT2D eigenvalue weighted by Gasteiger charge is -2.27. The summed E-state index contributed by atoms with van der Waals surface area (Å²) in [7, 11) is 0.708. The second-order valence-electron chi connectivity index (χ2n) is 10.4. The predicted octanol–water partition coefficient (Wildman–Crippen LogP) is 2.66. The molecule has 0 N–H and O–H groups in total. The van der Waals surface area contributed by atoms with Crippen molar-refractivity contribution in [3.8, 4) is 11.3 Å². The van der Waals surface area contributed by atoms with E-state index >= 15 is 0 Å². The van der Waals surface area contributed by atoms with Crippen LogP contribution in [0.25, 0.3) is 22.2 Å². The Hall–Kier alpha value is -3.47. The van der Waals surface area contributed by atoms with Crippen molar-refractivity contribution in [1.82, 2.24) is 34.6 Å². The van der Waals surface area contributed by atoms with Gasteiger partial charge < -0.3 is 4.90 Å². The maximum atomic E-state index is 13.7. The molecule has 1 saturated carbocycles. The van der Waals surface area contributed by atoms with Crippen LogP contribution in [0.15, 0.2) is 47.5 Å². The number of piperidine rings is 1. The molecule has 2 aliphatic rings. The Kier molecular flexibility index (Phi) is 5.70. The lowest BCUT2D eigenvalue weighted by molar-refractivity contribution is -0.132. The number of rotatable bonds is 6. The molecule has 11 heteroatoms. The van der Waals surface area contributed by atoms with Gasteiger partial charge in [-0.05, 0) is 53.2 Å². The van der Waals surface area contributed by atoms with E-state index in [1.807, 2.05) is 36.1 Å². The van der Waals surface area contributed by atoms with E-state index in [2.05, 4.69) is 47.9 Å². The number of amides is 1. The Morgan fingerprint density at radius 1 is 1.16 bits per heavy atom. The van der Waals surface area contributed by atoms with Crippen LogP contribution in [-0.2, 0) is 11.3 Å². The molecule has 1 saturated heterocycles. The average molecular weight is 558 g/mol. The first-order chi connectivity index (χ1) is 17.7. The van der Waals surface area contributed by atoms with Crippen LogP contribution in [0.2, 0.25) is 0 Å². The van der Waals surface area contributed by atoms with Crippen LogP contribution >= 0.6 is 15.9 Å². The van der Waals surface area contributed by atoms with Crippen molar-refractivity contribution in [3.05, 3.63) is 59.0 Å². The van der Waals surface area contributed by atoms with Gasteiger partial charge in [-0.3, -0.25) is 24.2 Å². The Bertz CT molecular complexity index is 1560. The summed E-state index contributed by atoms with van der Waals surface area (Å²) in [6, 6.07) is 7.93. The molecule has 186 valence electrons. The summed E-state index contributed by atoms with van der Waals surface area (Å²) in [4.78, 5) is 45.9. The molecule has 4 aromatic rings. The maximum absolute atomic E-state index is 13.7. The minimum absolute atomic E-state index is 0.00161. The van der Waals surface area contributed by atoms with Crippen LogP contribution in [0.1, 0.15) is 43.0 Å². The van der Waals surface area contributed by atoms with Crippen molar-refractivity contribution in [1.29, 1.82) is 0 Å². The largest absolute Gasteiger partial charge is 0.342 e. The van der Waals surface area contributed by atoms with Crippen LogP contribution in [0.5, 0.6) is 0 Å². The van der Waals surface area contributed by atoms with Gasteiger partial charge in [0.2, 0.25) is 13.2 Å². The second-order valence-corrected chi connectivity index (χ2v) is 11.2. The third-order valence-electron chi connectivity index (χ3n) is 7.57. The number of aryl methyl sites for hydroxylation is 1. The number of carbonyl (C=O) groups is 2. The number of nitrogens with zero attached hydrogens (tertiary/aromatic N) is 7. The molecule has 1 amide bonds. The Morgan fingerprint density at radius 2 is 1.95 bits per heavy atom. The molecule has 0 unspecified atom stereocenters. The van der Waals surface area contributed by atoms with Gasteiger partial charge in [-0.2, -0.15) is 5.10 Å². The molecule has 3 atom stereocenters. The van der Waals surface area contributed by atoms with Crippen LogP contribution in [-0.4, -0.2) is 65.6 Å². The maximum Gasteiger partial charge on any atom is 0.244 e. The molecule has 0 radical (unpaired) electrons. The minimum Gasteiger partial charge on any atom is -0.342 e. The van der Waals surface area contributed by atoms with Crippen LogP contribution in [0.4, 0.5) is 0 Å². The number of hydrogen-bond acceptors (Lipinski definition) is 7. The molecule has 0 spiro atoms. The van der Waals surface area contributed by atoms with Crippen molar-refractivity contribution in [3.63, 3.8) is 0 Å². The van der Waals surface area contributed by atoms with Gasteiger partial charge in [0.15, 0.2) is 5.78 Å². The normalized spacial score (nSPS) is 22.2. The number of halogens is 1. The van der Waals surface area contributed by atoms with Crippen LogP contribution < -0.4 is 5.59 Å². The lowest BCUT2D eigenvalue weighted by atomic mass is 9.63. The zero-order valence-electron chi connectivity index (χ0n) is 20.8. The summed E-state index contributed by atoms with van der Waals surface area (Å²) in [5.41, 5.74) is 3.50. The Morgan fingerprint density at radius 3 is 2.68 bits per heavy atom. The number of hydrogen-bond donors (Lipinski definition) is 0. The first-order valence-corrected chi connectivity index (χ1v) is 13.1. The van der Waals surface area contributed by atoms with E-state index in [9.17, 15) is 9.59 Å². The van der Waals surface area contributed by atoms with E-state index in [4.69, 9.17) is 0 Å². The molecule has 9 nitrogen and oxygen atoms in total. The van der Waals surface area contributed by atoms with Crippen LogP contribution in [0, 0.1) is 12.3 Å². The molecule has 2 fully saturated rings. The van der Waals surface area contributed by atoms with Crippen molar-refractivity contribution < 1.29 is 9.59 Å². The molecule has 4 aromatic heterocycles. The van der Waals surface area contributed by atoms with Crippen molar-refractivity contribution >= 4 is 51.4 Å². The number of Topliss-reactive ketones (excluding diaryl/α,β-unsaturated/α-hetero) is 1. The number of pyridine rings is 2. The highest BCUT2D eigenvalue weighted by Crippen LogP contribution is 2.58. The van der Waals surface area contributed by atoms with Gasteiger partial charge in [0.1, 0.15) is 22.7 Å². The summed E-state index contributed by atoms with van der Waals surface area (Å²) in [6.07, 6.45) is 7.06. The number of aromatic nitrogens is 6.